The summed E-state index contributed by atoms with van der Waals surface area (Å²) in [7, 11) is 1.79. The maximum Gasteiger partial charge on any atom is 0.223 e. The molecule has 0 aliphatic rings. The van der Waals surface area contributed by atoms with Crippen LogP contribution in [-0.4, -0.2) is 17.0 Å². The molecule has 0 amide bonds. The van der Waals surface area contributed by atoms with Gasteiger partial charge in [0, 0.05) is 18.8 Å². The first kappa shape index (κ1) is 12.2. The first-order valence-corrected chi connectivity index (χ1v) is 5.89. The maximum absolute atomic E-state index is 5.63. The maximum atomic E-state index is 5.63. The van der Waals surface area contributed by atoms with Gasteiger partial charge in [-0.2, -0.15) is 9.97 Å². The van der Waals surface area contributed by atoms with E-state index in [-0.39, 0.29) is 5.95 Å². The van der Waals surface area contributed by atoms with Crippen LogP contribution in [0.2, 0.25) is 0 Å². The van der Waals surface area contributed by atoms with E-state index >= 15 is 0 Å². The zero-order valence-corrected chi connectivity index (χ0v) is 10.6. The molecule has 0 fully saturated rings. The highest BCUT2D eigenvalue weighted by Crippen LogP contribution is 2.18. The average molecular weight is 243 g/mol. The Balaban J connectivity index is 2.19. The summed E-state index contributed by atoms with van der Waals surface area (Å²) < 4.78 is 0. The molecule has 0 spiro atoms. The summed E-state index contributed by atoms with van der Waals surface area (Å²) in [5.41, 5.74) is 7.92. The highest BCUT2D eigenvalue weighted by atomic mass is 15.1. The van der Waals surface area contributed by atoms with Crippen molar-refractivity contribution in [1.82, 2.24) is 9.97 Å². The molecular formula is C13H17N5. The molecule has 5 heteroatoms. The summed E-state index contributed by atoms with van der Waals surface area (Å²) in [5, 5.41) is 6.14. The van der Waals surface area contributed by atoms with Crippen molar-refractivity contribution in [3.63, 3.8) is 0 Å². The van der Waals surface area contributed by atoms with Crippen LogP contribution in [0.1, 0.15) is 12.5 Å². The summed E-state index contributed by atoms with van der Waals surface area (Å²) in [5.74, 6) is 1.61. The Kier molecular flexibility index (Phi) is 3.62. The van der Waals surface area contributed by atoms with Crippen molar-refractivity contribution in [3.8, 4) is 0 Å². The Bertz CT molecular complexity index is 521. The quantitative estimate of drug-likeness (QED) is 0.768. The number of nitrogens with zero attached hydrogens (tertiary/aromatic N) is 2. The van der Waals surface area contributed by atoms with Crippen LogP contribution in [0.3, 0.4) is 0 Å². The number of rotatable bonds is 4. The predicted octanol–water partition coefficient (Wildman–Crippen LogP) is 2.41. The molecule has 4 N–H and O–H groups in total. The Hall–Kier alpha value is -2.30. The summed E-state index contributed by atoms with van der Waals surface area (Å²) in [6.45, 7) is 2.13. The molecule has 0 aliphatic carbocycles. The summed E-state index contributed by atoms with van der Waals surface area (Å²) in [4.78, 5) is 8.17. The molecule has 94 valence electrons. The topological polar surface area (TPSA) is 75.9 Å². The molecule has 1 aromatic carbocycles. The zero-order valence-electron chi connectivity index (χ0n) is 10.6. The average Bonchev–Trinajstić information content (AvgIpc) is 2.39. The number of hydrogen-bond donors (Lipinski definition) is 3. The van der Waals surface area contributed by atoms with Gasteiger partial charge in [-0.1, -0.05) is 19.1 Å². The highest BCUT2D eigenvalue weighted by Gasteiger charge is 2.01. The predicted molar refractivity (Wildman–Crippen MR) is 75.1 cm³/mol. The van der Waals surface area contributed by atoms with Crippen LogP contribution in [0.25, 0.3) is 0 Å². The second kappa shape index (κ2) is 5.35. The first-order chi connectivity index (χ1) is 8.71. The van der Waals surface area contributed by atoms with E-state index in [0.717, 1.165) is 12.1 Å². The third kappa shape index (κ3) is 2.88. The monoisotopic (exact) mass is 243 g/mol. The molecule has 2 rings (SSSR count). The van der Waals surface area contributed by atoms with Crippen molar-refractivity contribution in [3.05, 3.63) is 35.9 Å². The summed E-state index contributed by atoms with van der Waals surface area (Å²) in [6.07, 6.45) is 1.03. The largest absolute Gasteiger partial charge is 0.373 e. The summed E-state index contributed by atoms with van der Waals surface area (Å²) >= 11 is 0. The number of nitrogen functional groups attached to an aromatic ring is 1. The van der Waals surface area contributed by atoms with E-state index in [1.54, 1.807) is 7.05 Å². The van der Waals surface area contributed by atoms with Gasteiger partial charge in [0.2, 0.25) is 5.95 Å². The van der Waals surface area contributed by atoms with Crippen LogP contribution < -0.4 is 16.4 Å². The van der Waals surface area contributed by atoms with E-state index < -0.39 is 0 Å². The van der Waals surface area contributed by atoms with Crippen LogP contribution in [0.4, 0.5) is 23.3 Å². The molecule has 2 aromatic rings. The van der Waals surface area contributed by atoms with Crippen LogP contribution in [-0.2, 0) is 6.42 Å². The molecule has 0 aliphatic heterocycles. The minimum Gasteiger partial charge on any atom is -0.373 e. The third-order valence-corrected chi connectivity index (χ3v) is 2.63. The van der Waals surface area contributed by atoms with Crippen LogP contribution in [0.5, 0.6) is 0 Å². The second-order valence-electron chi connectivity index (χ2n) is 3.92. The fourth-order valence-electron chi connectivity index (χ4n) is 1.63. The highest BCUT2D eigenvalue weighted by molar-refractivity contribution is 5.60. The van der Waals surface area contributed by atoms with E-state index in [4.69, 9.17) is 5.73 Å². The Morgan fingerprint density at radius 2 is 1.78 bits per heavy atom. The standard InChI is InChI=1S/C13H17N5/c1-3-9-4-6-10(7-5-9)16-12-8-11(15-2)17-13(14)18-12/h4-8H,3H2,1-2H3,(H4,14,15,16,17,18). The second-order valence-corrected chi connectivity index (χ2v) is 3.92. The van der Waals surface area contributed by atoms with Gasteiger partial charge in [0.25, 0.3) is 0 Å². The Morgan fingerprint density at radius 1 is 1.11 bits per heavy atom. The van der Waals surface area contributed by atoms with Gasteiger partial charge in [-0.15, -0.1) is 0 Å². The van der Waals surface area contributed by atoms with Gasteiger partial charge in [-0.05, 0) is 24.1 Å². The lowest BCUT2D eigenvalue weighted by Crippen LogP contribution is -2.03. The Labute approximate surface area is 106 Å². The molecule has 1 heterocycles. The minimum atomic E-state index is 0.245. The molecule has 0 saturated carbocycles. The van der Waals surface area contributed by atoms with E-state index in [1.807, 2.05) is 18.2 Å². The van der Waals surface area contributed by atoms with Gasteiger partial charge >= 0.3 is 0 Å². The lowest BCUT2D eigenvalue weighted by molar-refractivity contribution is 1.14. The van der Waals surface area contributed by atoms with Gasteiger partial charge in [0.05, 0.1) is 0 Å². The molecule has 0 bridgehead atoms. The number of hydrogen-bond acceptors (Lipinski definition) is 5. The summed E-state index contributed by atoms with van der Waals surface area (Å²) in [6, 6.07) is 10.0. The molecule has 0 unspecified atom stereocenters. The molecule has 18 heavy (non-hydrogen) atoms. The van der Waals surface area contributed by atoms with Crippen molar-refractivity contribution in [2.75, 3.05) is 23.4 Å². The van der Waals surface area contributed by atoms with Crippen molar-refractivity contribution in [1.29, 1.82) is 0 Å². The smallest absolute Gasteiger partial charge is 0.223 e. The molecule has 0 atom stereocenters. The van der Waals surface area contributed by atoms with Gasteiger partial charge in [0.1, 0.15) is 11.6 Å². The van der Waals surface area contributed by atoms with E-state index in [0.29, 0.717) is 11.6 Å². The van der Waals surface area contributed by atoms with Gasteiger partial charge < -0.3 is 16.4 Å². The first-order valence-electron chi connectivity index (χ1n) is 5.89. The number of anilines is 4. The van der Waals surface area contributed by atoms with Crippen molar-refractivity contribution in [2.24, 2.45) is 0 Å². The Morgan fingerprint density at radius 3 is 2.39 bits per heavy atom. The van der Waals surface area contributed by atoms with Crippen LogP contribution in [0.15, 0.2) is 30.3 Å². The zero-order chi connectivity index (χ0) is 13.0. The molecule has 0 radical (unpaired) electrons. The number of nitrogens with two attached hydrogens (primary N) is 1. The molecule has 1 aromatic heterocycles. The van der Waals surface area contributed by atoms with E-state index in [9.17, 15) is 0 Å². The van der Waals surface area contributed by atoms with Gasteiger partial charge in [-0.25, -0.2) is 0 Å². The number of benzene rings is 1. The van der Waals surface area contributed by atoms with Gasteiger partial charge in [0.15, 0.2) is 0 Å². The normalized spacial score (nSPS) is 10.1. The number of aryl methyl sites for hydroxylation is 1. The molecule has 0 saturated heterocycles. The molecular weight excluding hydrogens is 226 g/mol. The molecule has 5 nitrogen and oxygen atoms in total. The fourth-order valence-corrected chi connectivity index (χ4v) is 1.63. The van der Waals surface area contributed by atoms with E-state index in [2.05, 4.69) is 39.7 Å². The number of nitrogens with one attached hydrogen (secondary N) is 2. The van der Waals surface area contributed by atoms with Gasteiger partial charge in [-0.3, -0.25) is 0 Å². The van der Waals surface area contributed by atoms with Crippen molar-refractivity contribution >= 4 is 23.3 Å². The van der Waals surface area contributed by atoms with E-state index in [1.165, 1.54) is 5.56 Å². The number of aromatic nitrogens is 2. The fraction of sp³-hybridized carbons (Fsp3) is 0.231. The van der Waals surface area contributed by atoms with Crippen LogP contribution in [0, 0.1) is 0 Å². The minimum absolute atomic E-state index is 0.245. The van der Waals surface area contributed by atoms with Crippen LogP contribution >= 0.6 is 0 Å². The van der Waals surface area contributed by atoms with Crippen molar-refractivity contribution < 1.29 is 0 Å². The third-order valence-electron chi connectivity index (χ3n) is 2.63. The lowest BCUT2D eigenvalue weighted by Gasteiger charge is -2.08. The van der Waals surface area contributed by atoms with Crippen molar-refractivity contribution in [2.45, 2.75) is 13.3 Å². The SMILES string of the molecule is CCc1ccc(Nc2cc(NC)nc(N)n2)cc1. The lowest BCUT2D eigenvalue weighted by atomic mass is 10.1.